The molecule has 3 aromatic carbocycles. The van der Waals surface area contributed by atoms with Gasteiger partial charge in [0, 0.05) is 17.4 Å². The Morgan fingerprint density at radius 3 is 2.38 bits per heavy atom. The summed E-state index contributed by atoms with van der Waals surface area (Å²) in [5, 5.41) is 7.36. The molecular formula is C25H21FN4O2. The van der Waals surface area contributed by atoms with Crippen molar-refractivity contribution in [3.8, 4) is 16.9 Å². The van der Waals surface area contributed by atoms with Gasteiger partial charge in [0.15, 0.2) is 0 Å². The van der Waals surface area contributed by atoms with Crippen LogP contribution < -0.4 is 11.1 Å². The molecule has 0 spiro atoms. The second-order valence-corrected chi connectivity index (χ2v) is 7.23. The molecule has 0 saturated heterocycles. The van der Waals surface area contributed by atoms with Crippen molar-refractivity contribution < 1.29 is 14.0 Å². The Morgan fingerprint density at radius 1 is 1.00 bits per heavy atom. The standard InChI is InChI=1S/C25H21FN4O2/c1-2-16-8-10-17(11-9-16)23-21(15-30(29-23)19-6-4-3-5-7-19)25(32)28-18-12-13-22(26)20(14-18)24(27)31/h3-15H,2H2,1H3,(H2,27,31)(H,28,32). The largest absolute Gasteiger partial charge is 0.366 e. The Bertz CT molecular complexity index is 1280. The Labute approximate surface area is 184 Å². The molecule has 4 aromatic rings. The highest BCUT2D eigenvalue weighted by molar-refractivity contribution is 6.08. The number of carbonyl (C=O) groups excluding carboxylic acids is 2. The summed E-state index contributed by atoms with van der Waals surface area (Å²) in [7, 11) is 0. The maximum atomic E-state index is 13.8. The number of primary amides is 1. The van der Waals surface area contributed by atoms with Crippen molar-refractivity contribution in [2.24, 2.45) is 5.73 Å². The van der Waals surface area contributed by atoms with E-state index < -0.39 is 17.6 Å². The molecule has 0 radical (unpaired) electrons. The molecule has 2 amide bonds. The zero-order valence-corrected chi connectivity index (χ0v) is 17.4. The molecule has 0 aliphatic carbocycles. The maximum Gasteiger partial charge on any atom is 0.259 e. The first-order valence-electron chi connectivity index (χ1n) is 10.1. The predicted octanol–water partition coefficient (Wildman–Crippen LogP) is 4.59. The minimum absolute atomic E-state index is 0.255. The molecule has 4 rings (SSSR count). The molecule has 0 aliphatic rings. The van der Waals surface area contributed by atoms with E-state index in [0.717, 1.165) is 23.7 Å². The summed E-state index contributed by atoms with van der Waals surface area (Å²) in [6, 6.07) is 21.0. The summed E-state index contributed by atoms with van der Waals surface area (Å²) in [6.07, 6.45) is 2.55. The molecule has 6 nitrogen and oxygen atoms in total. The number of rotatable bonds is 6. The molecule has 3 N–H and O–H groups in total. The normalized spacial score (nSPS) is 10.7. The average molecular weight is 428 g/mol. The van der Waals surface area contributed by atoms with Crippen LogP contribution in [0.5, 0.6) is 0 Å². The first-order valence-corrected chi connectivity index (χ1v) is 10.1. The van der Waals surface area contributed by atoms with E-state index in [9.17, 15) is 14.0 Å². The zero-order chi connectivity index (χ0) is 22.7. The number of aryl methyl sites for hydroxylation is 1. The number of halogens is 1. The number of para-hydroxylation sites is 1. The third kappa shape index (κ3) is 4.27. The topological polar surface area (TPSA) is 90.0 Å². The molecule has 1 heterocycles. The lowest BCUT2D eigenvalue weighted by Crippen LogP contribution is -2.16. The third-order valence-electron chi connectivity index (χ3n) is 5.10. The van der Waals surface area contributed by atoms with Crippen molar-refractivity contribution in [3.63, 3.8) is 0 Å². The van der Waals surface area contributed by atoms with Crippen LogP contribution in [0.3, 0.4) is 0 Å². The number of aromatic nitrogens is 2. The van der Waals surface area contributed by atoms with Gasteiger partial charge in [0.25, 0.3) is 11.8 Å². The van der Waals surface area contributed by atoms with Gasteiger partial charge in [-0.3, -0.25) is 9.59 Å². The van der Waals surface area contributed by atoms with Crippen molar-refractivity contribution in [2.45, 2.75) is 13.3 Å². The van der Waals surface area contributed by atoms with Crippen LogP contribution in [-0.4, -0.2) is 21.6 Å². The van der Waals surface area contributed by atoms with Gasteiger partial charge in [0.05, 0.1) is 16.8 Å². The van der Waals surface area contributed by atoms with Crippen molar-refractivity contribution in [2.75, 3.05) is 5.32 Å². The fourth-order valence-corrected chi connectivity index (χ4v) is 3.35. The van der Waals surface area contributed by atoms with Gasteiger partial charge in [0.2, 0.25) is 0 Å². The Kier molecular flexibility index (Phi) is 5.81. The Balaban J connectivity index is 1.74. The lowest BCUT2D eigenvalue weighted by molar-refractivity contribution is 0.0992. The third-order valence-corrected chi connectivity index (χ3v) is 5.10. The van der Waals surface area contributed by atoms with Crippen molar-refractivity contribution in [3.05, 3.63) is 102 Å². The molecule has 0 fully saturated rings. The monoisotopic (exact) mass is 428 g/mol. The summed E-state index contributed by atoms with van der Waals surface area (Å²) in [4.78, 5) is 24.6. The Hall–Kier alpha value is -4.26. The summed E-state index contributed by atoms with van der Waals surface area (Å²) < 4.78 is 15.4. The van der Waals surface area contributed by atoms with Gasteiger partial charge in [-0.05, 0) is 42.3 Å². The van der Waals surface area contributed by atoms with Gasteiger partial charge in [-0.1, -0.05) is 49.4 Å². The van der Waals surface area contributed by atoms with Crippen LogP contribution >= 0.6 is 0 Å². The van der Waals surface area contributed by atoms with Crippen LogP contribution in [0, 0.1) is 5.82 Å². The van der Waals surface area contributed by atoms with Crippen molar-refractivity contribution >= 4 is 17.5 Å². The average Bonchev–Trinajstić information content (AvgIpc) is 3.26. The highest BCUT2D eigenvalue weighted by atomic mass is 19.1. The fraction of sp³-hybridized carbons (Fsp3) is 0.0800. The van der Waals surface area contributed by atoms with Crippen LogP contribution in [0.25, 0.3) is 16.9 Å². The predicted molar refractivity (Wildman–Crippen MR) is 121 cm³/mol. The maximum absolute atomic E-state index is 13.8. The SMILES string of the molecule is CCc1ccc(-c2nn(-c3ccccc3)cc2C(=O)Nc2ccc(F)c(C(N)=O)c2)cc1. The quantitative estimate of drug-likeness (QED) is 0.471. The number of nitrogens with one attached hydrogen (secondary N) is 1. The van der Waals surface area contributed by atoms with Gasteiger partial charge in [0.1, 0.15) is 11.5 Å². The zero-order valence-electron chi connectivity index (χ0n) is 17.4. The molecule has 1 aromatic heterocycles. The fourth-order valence-electron chi connectivity index (χ4n) is 3.35. The molecule has 32 heavy (non-hydrogen) atoms. The summed E-state index contributed by atoms with van der Waals surface area (Å²) >= 11 is 0. The van der Waals surface area contributed by atoms with Crippen LogP contribution in [0.1, 0.15) is 33.2 Å². The van der Waals surface area contributed by atoms with Crippen LogP contribution in [0.15, 0.2) is 79.0 Å². The first kappa shape index (κ1) is 21.0. The van der Waals surface area contributed by atoms with E-state index in [1.807, 2.05) is 54.6 Å². The first-order chi connectivity index (χ1) is 15.5. The molecule has 160 valence electrons. The number of nitrogens with two attached hydrogens (primary N) is 1. The molecule has 0 bridgehead atoms. The van der Waals surface area contributed by atoms with Gasteiger partial charge >= 0.3 is 0 Å². The van der Waals surface area contributed by atoms with Crippen LogP contribution in [0.2, 0.25) is 0 Å². The van der Waals surface area contributed by atoms with E-state index in [1.54, 1.807) is 10.9 Å². The molecule has 0 saturated carbocycles. The van der Waals surface area contributed by atoms with Gasteiger partial charge < -0.3 is 11.1 Å². The highest BCUT2D eigenvalue weighted by Gasteiger charge is 2.20. The number of amides is 2. The summed E-state index contributed by atoms with van der Waals surface area (Å²) in [6.45, 7) is 2.07. The summed E-state index contributed by atoms with van der Waals surface area (Å²) in [5.41, 5.74) is 8.78. The molecule has 7 heteroatoms. The number of benzene rings is 3. The molecule has 0 aliphatic heterocycles. The lowest BCUT2D eigenvalue weighted by atomic mass is 10.0. The van der Waals surface area contributed by atoms with E-state index >= 15 is 0 Å². The van der Waals surface area contributed by atoms with E-state index in [0.29, 0.717) is 11.3 Å². The summed E-state index contributed by atoms with van der Waals surface area (Å²) in [5.74, 6) is -2.10. The second kappa shape index (κ2) is 8.85. The van der Waals surface area contributed by atoms with Crippen LogP contribution in [-0.2, 0) is 6.42 Å². The number of carbonyl (C=O) groups is 2. The number of nitrogens with zero attached hydrogens (tertiary/aromatic N) is 2. The van der Waals surface area contributed by atoms with E-state index in [4.69, 9.17) is 5.73 Å². The van der Waals surface area contributed by atoms with Crippen molar-refractivity contribution in [1.29, 1.82) is 0 Å². The van der Waals surface area contributed by atoms with Crippen LogP contribution in [0.4, 0.5) is 10.1 Å². The van der Waals surface area contributed by atoms with Gasteiger partial charge in [-0.25, -0.2) is 9.07 Å². The van der Waals surface area contributed by atoms with E-state index in [2.05, 4.69) is 17.3 Å². The molecule has 0 unspecified atom stereocenters. The minimum Gasteiger partial charge on any atom is -0.366 e. The van der Waals surface area contributed by atoms with Gasteiger partial charge in [-0.15, -0.1) is 0 Å². The van der Waals surface area contributed by atoms with Crippen molar-refractivity contribution in [1.82, 2.24) is 9.78 Å². The van der Waals surface area contributed by atoms with Gasteiger partial charge in [-0.2, -0.15) is 5.10 Å². The number of anilines is 1. The second-order valence-electron chi connectivity index (χ2n) is 7.23. The molecular weight excluding hydrogens is 407 g/mol. The van der Waals surface area contributed by atoms with E-state index in [1.165, 1.54) is 17.7 Å². The molecule has 0 atom stereocenters. The smallest absolute Gasteiger partial charge is 0.259 e. The lowest BCUT2D eigenvalue weighted by Gasteiger charge is -2.07. The number of hydrogen-bond acceptors (Lipinski definition) is 3. The number of hydrogen-bond donors (Lipinski definition) is 2. The minimum atomic E-state index is -0.910. The Morgan fingerprint density at radius 2 is 1.72 bits per heavy atom. The highest BCUT2D eigenvalue weighted by Crippen LogP contribution is 2.26. The van der Waals surface area contributed by atoms with E-state index in [-0.39, 0.29) is 11.3 Å².